The van der Waals surface area contributed by atoms with Gasteiger partial charge in [-0.25, -0.2) is 0 Å². The van der Waals surface area contributed by atoms with Gasteiger partial charge in [0.25, 0.3) is 0 Å². The highest BCUT2D eigenvalue weighted by Crippen LogP contribution is 2.50. The molecule has 0 aromatic heterocycles. The molecule has 62 heavy (non-hydrogen) atoms. The number of fused-ring (bicyclic) bond motifs is 4. The monoisotopic (exact) mass is 794 g/mol. The van der Waals surface area contributed by atoms with Gasteiger partial charge in [-0.05, 0) is 159 Å². The summed E-state index contributed by atoms with van der Waals surface area (Å²) in [6.07, 6.45) is 9.05. The predicted molar refractivity (Wildman–Crippen MR) is 267 cm³/mol. The number of nitrogens with zero attached hydrogens (tertiary/aromatic N) is 2. The Bertz CT molecular complexity index is 3350. The highest BCUT2D eigenvalue weighted by Gasteiger charge is 2.24. The minimum absolute atomic E-state index is 1.02. The smallest absolute Gasteiger partial charge is 0.0468 e. The molecule has 0 amide bonds. The molecule has 1 aliphatic rings. The van der Waals surface area contributed by atoms with Gasteiger partial charge in [-0.3, -0.25) is 0 Å². The van der Waals surface area contributed by atoms with Crippen molar-refractivity contribution in [3.63, 3.8) is 0 Å². The first-order valence-corrected chi connectivity index (χ1v) is 21.7. The molecule has 0 saturated carbocycles. The standard InChI is InChI=1S/C60H46N2/c1-41-27-31-47(32-28-41)61(45-19-5-3-6-20-45)49-35-37-55-57(39-49)59(53-25-13-17-43-15-9-11-23-51(43)53)56-38-36-50(62(46-21-7-4-8-22-46)48-33-29-42(2)30-34-48)40-58(56)60(55)54-26-14-18-44-16-10-12-24-52(44)54/h3,5-7,9-40H,4,8H2,1-2H3. The maximum Gasteiger partial charge on any atom is 0.0468 e. The summed E-state index contributed by atoms with van der Waals surface area (Å²) in [5.41, 5.74) is 14.2. The van der Waals surface area contributed by atoms with E-state index in [2.05, 4.69) is 242 Å². The zero-order valence-corrected chi connectivity index (χ0v) is 35.1. The van der Waals surface area contributed by atoms with Gasteiger partial charge in [0.15, 0.2) is 0 Å². The molecular formula is C60H46N2. The maximum absolute atomic E-state index is 2.46. The van der Waals surface area contributed by atoms with Crippen LogP contribution < -0.4 is 9.80 Å². The maximum atomic E-state index is 2.46. The Hall–Kier alpha value is -7.68. The number of hydrogen-bond donors (Lipinski definition) is 0. The lowest BCUT2D eigenvalue weighted by atomic mass is 9.83. The summed E-state index contributed by atoms with van der Waals surface area (Å²) in [6.45, 7) is 4.31. The molecule has 2 heteroatoms. The fraction of sp³-hybridized carbons (Fsp3) is 0.0667. The predicted octanol–water partition coefficient (Wildman–Crippen LogP) is 17.1. The summed E-state index contributed by atoms with van der Waals surface area (Å²) in [7, 11) is 0. The van der Waals surface area contributed by atoms with Gasteiger partial charge in [-0.2, -0.15) is 0 Å². The van der Waals surface area contributed by atoms with Crippen LogP contribution in [0.3, 0.4) is 0 Å². The number of para-hydroxylation sites is 1. The zero-order chi connectivity index (χ0) is 41.6. The molecule has 0 atom stereocenters. The summed E-state index contributed by atoms with van der Waals surface area (Å²) >= 11 is 0. The number of hydrogen-bond acceptors (Lipinski definition) is 2. The number of rotatable bonds is 8. The van der Waals surface area contributed by atoms with Crippen LogP contribution in [0.15, 0.2) is 224 Å². The number of allylic oxidation sites excluding steroid dienone is 3. The summed E-state index contributed by atoms with van der Waals surface area (Å²) in [5.74, 6) is 0. The summed E-state index contributed by atoms with van der Waals surface area (Å²) < 4.78 is 0. The van der Waals surface area contributed by atoms with Crippen LogP contribution in [0.1, 0.15) is 24.0 Å². The second-order valence-electron chi connectivity index (χ2n) is 16.5. The molecule has 0 N–H and O–H groups in total. The fourth-order valence-electron chi connectivity index (χ4n) is 9.57. The third kappa shape index (κ3) is 6.62. The number of aryl methyl sites for hydroxylation is 2. The third-order valence-corrected chi connectivity index (χ3v) is 12.6. The molecule has 0 bridgehead atoms. The Morgan fingerprint density at radius 3 is 1.32 bits per heavy atom. The second kappa shape index (κ2) is 15.7. The van der Waals surface area contributed by atoms with Gasteiger partial charge < -0.3 is 9.80 Å². The van der Waals surface area contributed by atoms with Crippen LogP contribution in [0, 0.1) is 13.8 Å². The van der Waals surface area contributed by atoms with Crippen molar-refractivity contribution in [2.45, 2.75) is 26.7 Å². The topological polar surface area (TPSA) is 6.48 Å². The Morgan fingerprint density at radius 2 is 0.790 bits per heavy atom. The van der Waals surface area contributed by atoms with Crippen LogP contribution in [-0.4, -0.2) is 0 Å². The molecule has 0 saturated heterocycles. The van der Waals surface area contributed by atoms with Crippen molar-refractivity contribution in [1.82, 2.24) is 0 Å². The molecule has 1 aliphatic carbocycles. The molecule has 0 fully saturated rings. The van der Waals surface area contributed by atoms with E-state index in [0.717, 1.165) is 41.3 Å². The van der Waals surface area contributed by atoms with E-state index in [1.807, 2.05) is 0 Å². The van der Waals surface area contributed by atoms with Gasteiger partial charge in [0, 0.05) is 34.1 Å². The molecular weight excluding hydrogens is 749 g/mol. The van der Waals surface area contributed by atoms with Gasteiger partial charge in [0.1, 0.15) is 0 Å². The highest BCUT2D eigenvalue weighted by atomic mass is 15.1. The normalized spacial score (nSPS) is 12.6. The molecule has 10 aromatic carbocycles. The lowest BCUT2D eigenvalue weighted by molar-refractivity contribution is 0.997. The quantitative estimate of drug-likeness (QED) is 0.141. The van der Waals surface area contributed by atoms with Crippen molar-refractivity contribution in [2.75, 3.05) is 9.80 Å². The second-order valence-corrected chi connectivity index (χ2v) is 16.5. The minimum atomic E-state index is 1.02. The molecule has 296 valence electrons. The molecule has 11 rings (SSSR count). The van der Waals surface area contributed by atoms with Crippen molar-refractivity contribution in [3.05, 3.63) is 235 Å². The van der Waals surface area contributed by atoms with Crippen LogP contribution in [0.2, 0.25) is 0 Å². The molecule has 2 nitrogen and oxygen atoms in total. The number of anilines is 5. The Morgan fingerprint density at radius 1 is 0.339 bits per heavy atom. The van der Waals surface area contributed by atoms with Gasteiger partial charge in [-0.1, -0.05) is 163 Å². The fourth-order valence-corrected chi connectivity index (χ4v) is 9.57. The first-order valence-electron chi connectivity index (χ1n) is 21.7. The molecule has 0 radical (unpaired) electrons. The van der Waals surface area contributed by atoms with E-state index < -0.39 is 0 Å². The van der Waals surface area contributed by atoms with Crippen LogP contribution in [0.5, 0.6) is 0 Å². The molecule has 10 aromatic rings. The van der Waals surface area contributed by atoms with E-state index in [9.17, 15) is 0 Å². The van der Waals surface area contributed by atoms with E-state index in [1.165, 1.54) is 82.2 Å². The largest absolute Gasteiger partial charge is 0.311 e. The van der Waals surface area contributed by atoms with E-state index in [-0.39, 0.29) is 0 Å². The van der Waals surface area contributed by atoms with Gasteiger partial charge in [0.05, 0.1) is 0 Å². The minimum Gasteiger partial charge on any atom is -0.311 e. The van der Waals surface area contributed by atoms with E-state index in [0.29, 0.717) is 0 Å². The third-order valence-electron chi connectivity index (χ3n) is 12.6. The van der Waals surface area contributed by atoms with Crippen molar-refractivity contribution >= 4 is 71.5 Å². The van der Waals surface area contributed by atoms with Crippen LogP contribution >= 0.6 is 0 Å². The van der Waals surface area contributed by atoms with E-state index in [1.54, 1.807) is 0 Å². The molecule has 0 heterocycles. The Kier molecular flexibility index (Phi) is 9.47. The van der Waals surface area contributed by atoms with E-state index >= 15 is 0 Å². The molecule has 0 unspecified atom stereocenters. The highest BCUT2D eigenvalue weighted by molar-refractivity contribution is 6.26. The van der Waals surface area contributed by atoms with Crippen LogP contribution in [0.25, 0.3) is 65.3 Å². The van der Waals surface area contributed by atoms with Gasteiger partial charge in [-0.15, -0.1) is 0 Å². The molecule has 0 spiro atoms. The summed E-state index contributed by atoms with van der Waals surface area (Å²) in [4.78, 5) is 4.83. The lowest BCUT2D eigenvalue weighted by Gasteiger charge is -2.29. The zero-order valence-electron chi connectivity index (χ0n) is 35.1. The van der Waals surface area contributed by atoms with Gasteiger partial charge in [0.2, 0.25) is 0 Å². The SMILES string of the molecule is Cc1ccc(N(C2=CCCC=C2)c2ccc3c(-c4cccc5ccccc45)c4cc(N(c5ccccc5)c5ccc(C)cc5)ccc4c(-c4cccc5ccccc45)c3c2)cc1. The van der Waals surface area contributed by atoms with Gasteiger partial charge >= 0.3 is 0 Å². The van der Waals surface area contributed by atoms with Crippen LogP contribution in [0.4, 0.5) is 28.4 Å². The van der Waals surface area contributed by atoms with Crippen LogP contribution in [-0.2, 0) is 0 Å². The van der Waals surface area contributed by atoms with Crippen molar-refractivity contribution in [1.29, 1.82) is 0 Å². The lowest BCUT2D eigenvalue weighted by Crippen LogP contribution is -2.16. The summed E-state index contributed by atoms with van der Waals surface area (Å²) in [5, 5.41) is 9.80. The van der Waals surface area contributed by atoms with Crippen molar-refractivity contribution in [2.24, 2.45) is 0 Å². The van der Waals surface area contributed by atoms with Crippen molar-refractivity contribution in [3.8, 4) is 22.3 Å². The average molecular weight is 795 g/mol. The Balaban J connectivity index is 1.29. The Labute approximate surface area is 363 Å². The molecule has 0 aliphatic heterocycles. The number of benzene rings is 10. The first kappa shape index (κ1) is 37.3. The van der Waals surface area contributed by atoms with Crippen molar-refractivity contribution < 1.29 is 0 Å². The average Bonchev–Trinajstić information content (AvgIpc) is 3.32. The summed E-state index contributed by atoms with van der Waals surface area (Å²) in [6, 6.07) is 74.1. The van der Waals surface area contributed by atoms with E-state index in [4.69, 9.17) is 0 Å². The first-order chi connectivity index (χ1) is 30.6.